The van der Waals surface area contributed by atoms with Gasteiger partial charge in [-0.15, -0.1) is 10.2 Å². The Bertz CT molecular complexity index is 1540. The minimum absolute atomic E-state index is 0.0206. The second-order valence-corrected chi connectivity index (χ2v) is 7.43. The van der Waals surface area contributed by atoms with E-state index in [1.54, 1.807) is 47.8 Å². The summed E-state index contributed by atoms with van der Waals surface area (Å²) in [4.78, 5) is 4.33. The minimum atomic E-state index is -0.0206. The first-order valence-corrected chi connectivity index (χ1v) is 10.5. The summed E-state index contributed by atoms with van der Waals surface area (Å²) in [6.45, 7) is 2.15. The van der Waals surface area contributed by atoms with E-state index in [1.165, 1.54) is 10.7 Å². The van der Waals surface area contributed by atoms with Crippen molar-refractivity contribution in [2.45, 2.75) is 13.5 Å². The first kappa shape index (κ1) is 21.8. The van der Waals surface area contributed by atoms with Crippen LogP contribution in [0.3, 0.4) is 0 Å². The van der Waals surface area contributed by atoms with Crippen LogP contribution in [0.15, 0.2) is 42.7 Å². The van der Waals surface area contributed by atoms with Gasteiger partial charge < -0.3 is 20.5 Å². The maximum Gasteiger partial charge on any atom is 0.179 e. The minimum Gasteiger partial charge on any atom is -0.497 e. The predicted molar refractivity (Wildman–Crippen MR) is 124 cm³/mol. The molecule has 0 bridgehead atoms. The van der Waals surface area contributed by atoms with Gasteiger partial charge in [-0.1, -0.05) is 0 Å². The van der Waals surface area contributed by atoms with Crippen molar-refractivity contribution in [2.24, 2.45) is 0 Å². The van der Waals surface area contributed by atoms with E-state index in [4.69, 9.17) is 9.84 Å². The number of methoxy groups -OCH3 is 1. The number of nitrogens with one attached hydrogen (secondary N) is 2. The van der Waals surface area contributed by atoms with Crippen LogP contribution < -0.4 is 15.4 Å². The topological polar surface area (TPSA) is 169 Å². The fourth-order valence-corrected chi connectivity index (χ4v) is 3.50. The van der Waals surface area contributed by atoms with Gasteiger partial charge in [0.2, 0.25) is 0 Å². The van der Waals surface area contributed by atoms with Crippen molar-refractivity contribution in [3.63, 3.8) is 0 Å². The molecule has 0 aliphatic rings. The average molecular weight is 472 g/mol. The molecule has 4 aromatic heterocycles. The van der Waals surface area contributed by atoms with E-state index in [9.17, 15) is 5.26 Å². The number of hydrogen-bond acceptors (Lipinski definition) is 11. The Labute approximate surface area is 198 Å². The number of aryl methyl sites for hydroxylation is 1. The molecule has 0 saturated carbocycles. The molecule has 0 unspecified atom stereocenters. The molecule has 3 N–H and O–H groups in total. The second kappa shape index (κ2) is 9.08. The highest BCUT2D eigenvalue weighted by molar-refractivity contribution is 5.77. The van der Waals surface area contributed by atoms with Gasteiger partial charge in [-0.05, 0) is 23.4 Å². The molecule has 0 spiro atoms. The largest absolute Gasteiger partial charge is 0.497 e. The molecular weight excluding hydrogens is 452 g/mol. The molecule has 5 aromatic rings. The van der Waals surface area contributed by atoms with E-state index in [0.717, 1.165) is 0 Å². The molecule has 14 nitrogen and oxygen atoms in total. The molecule has 5 rings (SSSR count). The van der Waals surface area contributed by atoms with Gasteiger partial charge in [-0.25, -0.2) is 4.98 Å². The van der Waals surface area contributed by atoms with Gasteiger partial charge in [0.25, 0.3) is 0 Å². The summed E-state index contributed by atoms with van der Waals surface area (Å²) in [7, 11) is 1.57. The quantitative estimate of drug-likeness (QED) is 0.300. The number of aliphatic hydroxyl groups excluding tert-OH is 1. The number of fused-ring (bicyclic) bond motifs is 1. The smallest absolute Gasteiger partial charge is 0.179 e. The van der Waals surface area contributed by atoms with Crippen LogP contribution in [0.1, 0.15) is 11.5 Å². The molecule has 14 heteroatoms. The highest BCUT2D eigenvalue weighted by atomic mass is 16.5. The maximum absolute atomic E-state index is 9.52. The van der Waals surface area contributed by atoms with Crippen LogP contribution in [-0.4, -0.2) is 63.4 Å². The standard InChI is InChI=1S/C21H20N12O2/c1-13-26-29-30-32(13)15-7-14(8-17(9-15)35-2)24-20-10-18(21-23-12-16(11-22)33(21)28-20)25-19-3-4-31(27-19)5-6-34/h3-4,7-10,12,34H,5-6H2,1-2H3,(H,24,28)(H,25,27). The monoisotopic (exact) mass is 472 g/mol. The zero-order valence-electron chi connectivity index (χ0n) is 18.8. The molecule has 0 aliphatic carbocycles. The first-order valence-electron chi connectivity index (χ1n) is 10.5. The molecule has 1 aromatic carbocycles. The Hall–Kier alpha value is -5.03. The number of hydrogen-bond donors (Lipinski definition) is 3. The van der Waals surface area contributed by atoms with Gasteiger partial charge in [-0.3, -0.25) is 4.68 Å². The summed E-state index contributed by atoms with van der Waals surface area (Å²) in [5, 5.41) is 45.7. The highest BCUT2D eigenvalue weighted by Gasteiger charge is 2.14. The SMILES string of the molecule is COc1cc(Nc2cc(Nc3ccn(CCO)n3)c3ncc(C#N)n3n2)cc(-n2nnnc2C)c1. The Morgan fingerprint density at radius 2 is 2.03 bits per heavy atom. The Balaban J connectivity index is 1.54. The third-order valence-corrected chi connectivity index (χ3v) is 5.08. The van der Waals surface area contributed by atoms with Crippen LogP contribution >= 0.6 is 0 Å². The van der Waals surface area contributed by atoms with Gasteiger partial charge in [0.05, 0.1) is 37.8 Å². The van der Waals surface area contributed by atoms with Crippen molar-refractivity contribution in [3.8, 4) is 17.5 Å². The van der Waals surface area contributed by atoms with E-state index in [0.29, 0.717) is 52.5 Å². The number of aromatic nitrogens is 9. The van der Waals surface area contributed by atoms with Gasteiger partial charge in [0, 0.05) is 36.1 Å². The van der Waals surface area contributed by atoms with Crippen LogP contribution in [0.4, 0.5) is 23.0 Å². The van der Waals surface area contributed by atoms with Crippen LogP contribution in [0, 0.1) is 18.3 Å². The lowest BCUT2D eigenvalue weighted by Gasteiger charge is -2.13. The molecule has 0 amide bonds. The van der Waals surface area contributed by atoms with Crippen molar-refractivity contribution >= 4 is 28.7 Å². The van der Waals surface area contributed by atoms with E-state index in [1.807, 2.05) is 12.1 Å². The summed E-state index contributed by atoms with van der Waals surface area (Å²) in [5.41, 5.74) is 2.67. The number of nitrogens with zero attached hydrogens (tertiary/aromatic N) is 10. The summed E-state index contributed by atoms with van der Waals surface area (Å²) in [6, 6.07) is 11.1. The molecule has 0 atom stereocenters. The van der Waals surface area contributed by atoms with Crippen LogP contribution in [0.2, 0.25) is 0 Å². The summed E-state index contributed by atoms with van der Waals surface area (Å²) in [5.74, 6) is 2.20. The second-order valence-electron chi connectivity index (χ2n) is 7.43. The fraction of sp³-hybridized carbons (Fsp3) is 0.190. The van der Waals surface area contributed by atoms with Crippen LogP contribution in [0.5, 0.6) is 5.75 Å². The van der Waals surface area contributed by atoms with Gasteiger partial charge in [0.1, 0.15) is 11.8 Å². The Morgan fingerprint density at radius 3 is 2.77 bits per heavy atom. The normalized spacial score (nSPS) is 10.9. The number of benzene rings is 1. The summed E-state index contributed by atoms with van der Waals surface area (Å²) >= 11 is 0. The predicted octanol–water partition coefficient (Wildman–Crippen LogP) is 1.57. The van der Waals surface area contributed by atoms with E-state index in [2.05, 4.69) is 47.4 Å². The van der Waals surface area contributed by atoms with Crippen molar-refractivity contribution in [3.05, 3.63) is 54.2 Å². The van der Waals surface area contributed by atoms with Crippen LogP contribution in [-0.2, 0) is 6.54 Å². The number of nitriles is 1. The molecular formula is C21H20N12O2. The average Bonchev–Trinajstić information content (AvgIpc) is 3.59. The highest BCUT2D eigenvalue weighted by Crippen LogP contribution is 2.28. The number of anilines is 4. The van der Waals surface area contributed by atoms with Crippen molar-refractivity contribution < 1.29 is 9.84 Å². The van der Waals surface area contributed by atoms with Crippen molar-refractivity contribution in [1.29, 1.82) is 5.26 Å². The van der Waals surface area contributed by atoms with Gasteiger partial charge in [-0.2, -0.15) is 19.6 Å². The number of ether oxygens (including phenoxy) is 1. The van der Waals surface area contributed by atoms with Crippen molar-refractivity contribution in [1.82, 2.24) is 44.6 Å². The van der Waals surface area contributed by atoms with Gasteiger partial charge in [0.15, 0.2) is 28.8 Å². The number of rotatable bonds is 8. The van der Waals surface area contributed by atoms with E-state index in [-0.39, 0.29) is 12.3 Å². The lowest BCUT2D eigenvalue weighted by molar-refractivity contribution is 0.269. The zero-order valence-corrected chi connectivity index (χ0v) is 18.8. The third-order valence-electron chi connectivity index (χ3n) is 5.08. The number of tetrazole rings is 1. The van der Waals surface area contributed by atoms with Gasteiger partial charge >= 0.3 is 0 Å². The molecule has 0 saturated heterocycles. The molecule has 0 fully saturated rings. The lowest BCUT2D eigenvalue weighted by atomic mass is 10.2. The Kier molecular flexibility index (Phi) is 5.65. The number of imidazole rings is 1. The molecule has 4 heterocycles. The van der Waals surface area contributed by atoms with E-state index < -0.39 is 0 Å². The number of aliphatic hydroxyl groups is 1. The maximum atomic E-state index is 9.52. The fourth-order valence-electron chi connectivity index (χ4n) is 3.50. The molecule has 35 heavy (non-hydrogen) atoms. The summed E-state index contributed by atoms with van der Waals surface area (Å²) < 4.78 is 10.1. The molecule has 0 radical (unpaired) electrons. The first-order chi connectivity index (χ1) is 17.1. The lowest BCUT2D eigenvalue weighted by Crippen LogP contribution is -2.06. The van der Waals surface area contributed by atoms with Crippen LogP contribution in [0.25, 0.3) is 11.3 Å². The molecule has 176 valence electrons. The van der Waals surface area contributed by atoms with E-state index >= 15 is 0 Å². The Morgan fingerprint density at radius 1 is 1.14 bits per heavy atom. The van der Waals surface area contributed by atoms with Crippen molar-refractivity contribution in [2.75, 3.05) is 24.4 Å². The zero-order chi connectivity index (χ0) is 24.4. The molecule has 0 aliphatic heterocycles. The summed E-state index contributed by atoms with van der Waals surface area (Å²) in [6.07, 6.45) is 3.20. The third kappa shape index (κ3) is 4.30.